The van der Waals surface area contributed by atoms with Crippen molar-refractivity contribution in [2.75, 3.05) is 11.5 Å². The molecule has 0 radical (unpaired) electrons. The number of rotatable bonds is 4. The largest absolute Gasteiger partial charge is 0.504 e. The minimum atomic E-state index is -2.15. The molecule has 10 nitrogen and oxygen atoms in total. The third-order valence-electron chi connectivity index (χ3n) is 8.73. The van der Waals surface area contributed by atoms with Gasteiger partial charge in [0.1, 0.15) is 5.82 Å². The lowest BCUT2D eigenvalue weighted by Crippen LogP contribution is -2.60. The van der Waals surface area contributed by atoms with Gasteiger partial charge in [-0.15, -0.1) is 23.2 Å². The van der Waals surface area contributed by atoms with Crippen LogP contribution in [0.5, 0.6) is 11.5 Å². The number of hydrogen-bond donors (Lipinski definition) is 2. The molecular formula is C29H24Cl2FN3O7. The summed E-state index contributed by atoms with van der Waals surface area (Å²) < 4.78 is 19.3. The molecule has 0 unspecified atom stereocenters. The number of phenols is 1. The Morgan fingerprint density at radius 1 is 1.07 bits per heavy atom. The minimum Gasteiger partial charge on any atom is -0.504 e. The summed E-state index contributed by atoms with van der Waals surface area (Å²) in [5.74, 6) is -8.02. The zero-order chi connectivity index (χ0) is 30.3. The van der Waals surface area contributed by atoms with Crippen LogP contribution in [0.15, 0.2) is 54.1 Å². The minimum absolute atomic E-state index is 0.0437. The number of alkyl halides is 2. The molecule has 218 valence electrons. The Labute approximate surface area is 248 Å². The van der Waals surface area contributed by atoms with Crippen molar-refractivity contribution >= 4 is 58.5 Å². The van der Waals surface area contributed by atoms with Crippen LogP contribution in [-0.2, 0) is 19.2 Å². The van der Waals surface area contributed by atoms with E-state index in [0.717, 1.165) is 17.0 Å². The lowest BCUT2D eigenvalue weighted by molar-refractivity contribution is -0.136. The molecule has 6 amide bonds. The molecule has 6 atom stereocenters. The number of ether oxygens (including phenoxy) is 1. The first-order valence-electron chi connectivity index (χ1n) is 13.2. The zero-order valence-corrected chi connectivity index (χ0v) is 23.6. The second-order valence-electron chi connectivity index (χ2n) is 10.8. The van der Waals surface area contributed by atoms with Gasteiger partial charge in [0.05, 0.1) is 24.1 Å². The van der Waals surface area contributed by atoms with Gasteiger partial charge in [-0.3, -0.25) is 19.2 Å². The number of nitrogens with two attached hydrogens (primary N) is 1. The van der Waals surface area contributed by atoms with Crippen molar-refractivity contribution in [2.24, 2.45) is 23.5 Å². The van der Waals surface area contributed by atoms with Gasteiger partial charge in [0.25, 0.3) is 11.8 Å². The Hall–Kier alpha value is -3.96. The predicted molar refractivity (Wildman–Crippen MR) is 147 cm³/mol. The first-order chi connectivity index (χ1) is 19.9. The molecular weight excluding hydrogens is 592 g/mol. The molecule has 42 heavy (non-hydrogen) atoms. The number of fused-ring (bicyclic) bond motifs is 4. The number of anilines is 1. The molecule has 3 fully saturated rings. The lowest BCUT2D eigenvalue weighted by Gasteiger charge is -2.50. The Morgan fingerprint density at radius 3 is 2.40 bits per heavy atom. The first kappa shape index (κ1) is 28.2. The van der Waals surface area contributed by atoms with Crippen LogP contribution in [0.2, 0.25) is 0 Å². The second kappa shape index (κ2) is 9.53. The van der Waals surface area contributed by atoms with Gasteiger partial charge in [-0.05, 0) is 67.6 Å². The quantitative estimate of drug-likeness (QED) is 0.303. The Morgan fingerprint density at radius 2 is 1.76 bits per heavy atom. The summed E-state index contributed by atoms with van der Waals surface area (Å²) >= 11 is 14.5. The summed E-state index contributed by atoms with van der Waals surface area (Å²) in [4.78, 5) is 63.9. The van der Waals surface area contributed by atoms with Crippen molar-refractivity contribution in [1.29, 1.82) is 0 Å². The second-order valence-corrected chi connectivity index (χ2v) is 12.0. The standard InChI is InChI=1S/C29H24Cl2FN3O7/c1-2-42-20-11-13(3-10-19(20)36)22-16-8-9-17-21(24(38)35(23(17)37)27(33)41)18(16)12-28(30)25(39)34(26(40)29(22,28)31)15-6-4-14(32)5-7-15/h3-8,10-11,17-18,21-22,36H,2,9,12H2,1H3,(H2,33,41)/t17-,18+,21-,22-,28+,29-/m0/s1. The number of amides is 6. The highest BCUT2D eigenvalue weighted by molar-refractivity contribution is 6.58. The SMILES string of the molecule is CCOc1cc([C@H]2C3=CC[C@@H]4C(=O)N(C(N)=O)C(=O)[C@@H]4[C@@H]3C[C@@]3(Cl)C(=O)N(c4ccc(F)cc4)C(=O)[C@@]23Cl)ccc1O. The fourth-order valence-electron chi connectivity index (χ4n) is 6.97. The average molecular weight is 616 g/mol. The predicted octanol–water partition coefficient (Wildman–Crippen LogP) is 3.57. The molecule has 2 aromatic carbocycles. The van der Waals surface area contributed by atoms with Crippen molar-refractivity contribution in [1.82, 2.24) is 4.90 Å². The van der Waals surface area contributed by atoms with E-state index < -0.39 is 68.9 Å². The first-order valence-corrected chi connectivity index (χ1v) is 14.0. The average Bonchev–Trinajstić information content (AvgIpc) is 3.29. The monoisotopic (exact) mass is 615 g/mol. The molecule has 4 aliphatic rings. The fourth-order valence-corrected chi connectivity index (χ4v) is 7.91. The van der Waals surface area contributed by atoms with E-state index in [4.69, 9.17) is 33.7 Å². The third-order valence-corrected chi connectivity index (χ3v) is 10.1. The van der Waals surface area contributed by atoms with Crippen LogP contribution in [0.4, 0.5) is 14.9 Å². The van der Waals surface area contributed by atoms with Gasteiger partial charge >= 0.3 is 6.03 Å². The molecule has 2 saturated heterocycles. The number of benzene rings is 2. The number of primary amides is 1. The van der Waals surface area contributed by atoms with E-state index in [9.17, 15) is 33.5 Å². The van der Waals surface area contributed by atoms with Crippen LogP contribution in [-0.4, -0.2) is 56.0 Å². The summed E-state index contributed by atoms with van der Waals surface area (Å²) in [6, 6.07) is 7.79. The normalized spacial score (nSPS) is 32.0. The van der Waals surface area contributed by atoms with Crippen molar-refractivity contribution in [3.05, 3.63) is 65.5 Å². The maximum absolute atomic E-state index is 14.3. The number of allylic oxidation sites excluding steroid dienone is 2. The number of aromatic hydroxyl groups is 1. The van der Waals surface area contributed by atoms with Crippen LogP contribution in [0.25, 0.3) is 0 Å². The van der Waals surface area contributed by atoms with Crippen molar-refractivity contribution in [3.8, 4) is 11.5 Å². The van der Waals surface area contributed by atoms with E-state index in [0.29, 0.717) is 16.0 Å². The van der Waals surface area contributed by atoms with E-state index in [1.165, 1.54) is 30.3 Å². The maximum Gasteiger partial charge on any atom is 0.328 e. The molecule has 6 rings (SSSR count). The molecule has 0 bridgehead atoms. The number of urea groups is 1. The van der Waals surface area contributed by atoms with Gasteiger partial charge in [0, 0.05) is 5.92 Å². The maximum atomic E-state index is 14.3. The summed E-state index contributed by atoms with van der Waals surface area (Å²) in [7, 11) is 0. The number of hydrogen-bond acceptors (Lipinski definition) is 7. The van der Waals surface area contributed by atoms with Crippen molar-refractivity contribution in [3.63, 3.8) is 0 Å². The van der Waals surface area contributed by atoms with Gasteiger partial charge in [0.15, 0.2) is 21.2 Å². The molecule has 2 aromatic rings. The highest BCUT2D eigenvalue weighted by Crippen LogP contribution is 2.66. The van der Waals surface area contributed by atoms with Gasteiger partial charge < -0.3 is 15.6 Å². The van der Waals surface area contributed by atoms with E-state index in [2.05, 4.69) is 0 Å². The van der Waals surface area contributed by atoms with Crippen LogP contribution in [0.3, 0.4) is 0 Å². The Balaban J connectivity index is 1.57. The third kappa shape index (κ3) is 3.59. The number of likely N-dealkylation sites (tertiary alicyclic amines) is 1. The van der Waals surface area contributed by atoms with Crippen molar-refractivity contribution < 1.29 is 38.2 Å². The molecule has 2 heterocycles. The molecule has 0 aromatic heterocycles. The summed E-state index contributed by atoms with van der Waals surface area (Å²) in [6.45, 7) is 1.92. The van der Waals surface area contributed by atoms with E-state index in [1.807, 2.05) is 0 Å². The molecule has 3 N–H and O–H groups in total. The topological polar surface area (TPSA) is 147 Å². The number of carbonyl (C=O) groups is 5. The number of carbonyl (C=O) groups excluding carboxylic acids is 5. The number of nitrogens with zero attached hydrogens (tertiary/aromatic N) is 2. The van der Waals surface area contributed by atoms with Gasteiger partial charge in [-0.2, -0.15) is 4.90 Å². The van der Waals surface area contributed by atoms with E-state index in [1.54, 1.807) is 13.0 Å². The lowest BCUT2D eigenvalue weighted by atomic mass is 9.56. The summed E-state index contributed by atoms with van der Waals surface area (Å²) in [6.07, 6.45) is 1.42. The molecule has 2 aliphatic carbocycles. The van der Waals surface area contributed by atoms with Gasteiger partial charge in [-0.25, -0.2) is 14.1 Å². The van der Waals surface area contributed by atoms with Crippen LogP contribution < -0.4 is 15.4 Å². The van der Waals surface area contributed by atoms with Crippen LogP contribution in [0.1, 0.15) is 31.2 Å². The molecule has 13 heteroatoms. The van der Waals surface area contributed by atoms with Gasteiger partial charge in [0.2, 0.25) is 11.8 Å². The Bertz CT molecular complexity index is 1610. The van der Waals surface area contributed by atoms with Crippen molar-refractivity contribution in [2.45, 2.75) is 35.4 Å². The highest BCUT2D eigenvalue weighted by Gasteiger charge is 2.76. The van der Waals surface area contributed by atoms with Crippen LogP contribution >= 0.6 is 23.2 Å². The number of halogens is 3. The zero-order valence-electron chi connectivity index (χ0n) is 22.1. The summed E-state index contributed by atoms with van der Waals surface area (Å²) in [5, 5.41) is 10.4. The smallest absolute Gasteiger partial charge is 0.328 e. The summed E-state index contributed by atoms with van der Waals surface area (Å²) in [5.41, 5.74) is 6.23. The number of phenolic OH excluding ortho intramolecular Hbond substituents is 1. The van der Waals surface area contributed by atoms with E-state index >= 15 is 0 Å². The fraction of sp³-hybridized carbons (Fsp3) is 0.345. The molecule has 1 saturated carbocycles. The molecule has 0 spiro atoms. The Kier molecular flexibility index (Phi) is 6.39. The van der Waals surface area contributed by atoms with Gasteiger partial charge in [-0.1, -0.05) is 17.7 Å². The number of imide groups is 4. The molecule has 2 aliphatic heterocycles. The van der Waals surface area contributed by atoms with Crippen LogP contribution in [0, 0.1) is 23.6 Å². The van der Waals surface area contributed by atoms with E-state index in [-0.39, 0.29) is 36.6 Å². The highest BCUT2D eigenvalue weighted by atomic mass is 35.5.